The summed E-state index contributed by atoms with van der Waals surface area (Å²) in [5.41, 5.74) is 2.10. The van der Waals surface area contributed by atoms with Gasteiger partial charge in [-0.2, -0.15) is 0 Å². The molecule has 4 rings (SSSR count). The SMILES string of the molecule is CN1CC2c3ccccc3Oc3ccccc3N2C1=N.Cl. The molecule has 0 aliphatic carbocycles. The normalized spacial score (nSPS) is 18.9. The van der Waals surface area contributed by atoms with Crippen molar-refractivity contribution in [1.29, 1.82) is 5.41 Å². The minimum atomic E-state index is 0. The molecule has 1 N–H and O–H groups in total. The van der Waals surface area contributed by atoms with E-state index in [4.69, 9.17) is 10.1 Å². The van der Waals surface area contributed by atoms with Gasteiger partial charge in [0, 0.05) is 19.2 Å². The average Bonchev–Trinajstić information content (AvgIpc) is 2.68. The molecule has 0 amide bonds. The van der Waals surface area contributed by atoms with Crippen LogP contribution in [0.4, 0.5) is 5.69 Å². The fourth-order valence-electron chi connectivity index (χ4n) is 2.99. The maximum atomic E-state index is 8.35. The zero-order valence-corrected chi connectivity index (χ0v) is 12.4. The summed E-state index contributed by atoms with van der Waals surface area (Å²) in [5, 5.41) is 8.35. The third-order valence-corrected chi connectivity index (χ3v) is 3.97. The highest BCUT2D eigenvalue weighted by Crippen LogP contribution is 2.46. The van der Waals surface area contributed by atoms with E-state index in [1.54, 1.807) is 0 Å². The van der Waals surface area contributed by atoms with Gasteiger partial charge in [0.05, 0.1) is 11.7 Å². The number of anilines is 1. The Balaban J connectivity index is 0.00000132. The Labute approximate surface area is 129 Å². The topological polar surface area (TPSA) is 39.6 Å². The van der Waals surface area contributed by atoms with Crippen molar-refractivity contribution in [3.63, 3.8) is 0 Å². The molecule has 0 bridgehead atoms. The molecule has 1 saturated heterocycles. The molecule has 0 spiro atoms. The number of halogens is 1. The maximum absolute atomic E-state index is 8.35. The zero-order chi connectivity index (χ0) is 13.7. The fraction of sp³-hybridized carbons (Fsp3) is 0.188. The standard InChI is InChI=1S/C16H15N3O.ClH/c1-18-10-13-11-6-2-4-8-14(11)20-15-9-5-3-7-12(15)19(13)16(18)17;/h2-9,13,17H,10H2,1H3;1H. The quantitative estimate of drug-likeness (QED) is 0.807. The van der Waals surface area contributed by atoms with Crippen LogP contribution in [-0.4, -0.2) is 24.5 Å². The maximum Gasteiger partial charge on any atom is 0.198 e. The van der Waals surface area contributed by atoms with E-state index in [2.05, 4.69) is 11.0 Å². The fourth-order valence-corrected chi connectivity index (χ4v) is 2.99. The van der Waals surface area contributed by atoms with E-state index in [-0.39, 0.29) is 18.4 Å². The Morgan fingerprint density at radius 2 is 1.71 bits per heavy atom. The van der Waals surface area contributed by atoms with Crippen LogP contribution in [0.25, 0.3) is 0 Å². The van der Waals surface area contributed by atoms with Gasteiger partial charge in [0.2, 0.25) is 0 Å². The van der Waals surface area contributed by atoms with E-state index in [9.17, 15) is 0 Å². The van der Waals surface area contributed by atoms with Crippen LogP contribution in [0.5, 0.6) is 11.5 Å². The summed E-state index contributed by atoms with van der Waals surface area (Å²) in [7, 11) is 1.96. The highest BCUT2D eigenvalue weighted by Gasteiger charge is 2.39. The molecule has 21 heavy (non-hydrogen) atoms. The molecule has 2 aromatic carbocycles. The first-order valence-electron chi connectivity index (χ1n) is 6.70. The third-order valence-electron chi connectivity index (χ3n) is 3.97. The summed E-state index contributed by atoms with van der Waals surface area (Å²) in [5.74, 6) is 2.21. The predicted molar refractivity (Wildman–Crippen MR) is 85.8 cm³/mol. The molecular weight excluding hydrogens is 286 g/mol. The minimum Gasteiger partial charge on any atom is -0.455 e. The van der Waals surface area contributed by atoms with Gasteiger partial charge in [0.15, 0.2) is 11.7 Å². The molecule has 2 aliphatic heterocycles. The highest BCUT2D eigenvalue weighted by atomic mass is 35.5. The zero-order valence-electron chi connectivity index (χ0n) is 11.6. The van der Waals surface area contributed by atoms with E-state index < -0.39 is 0 Å². The molecule has 2 heterocycles. The van der Waals surface area contributed by atoms with Crippen LogP contribution in [0.3, 0.4) is 0 Å². The van der Waals surface area contributed by atoms with Crippen LogP contribution < -0.4 is 9.64 Å². The number of guanidine groups is 1. The van der Waals surface area contributed by atoms with Gasteiger partial charge in [-0.25, -0.2) is 0 Å². The van der Waals surface area contributed by atoms with Gasteiger partial charge in [0.25, 0.3) is 0 Å². The van der Waals surface area contributed by atoms with Crippen LogP contribution in [0.15, 0.2) is 48.5 Å². The van der Waals surface area contributed by atoms with Crippen molar-refractivity contribution in [3.05, 3.63) is 54.1 Å². The molecule has 5 heteroatoms. The Kier molecular flexibility index (Phi) is 3.26. The van der Waals surface area contributed by atoms with E-state index in [0.29, 0.717) is 5.96 Å². The van der Waals surface area contributed by atoms with E-state index in [1.807, 2.05) is 54.4 Å². The molecule has 4 nitrogen and oxygen atoms in total. The Morgan fingerprint density at radius 1 is 1.05 bits per heavy atom. The van der Waals surface area contributed by atoms with Crippen molar-refractivity contribution in [3.8, 4) is 11.5 Å². The second kappa shape index (κ2) is 4.97. The second-order valence-electron chi connectivity index (χ2n) is 5.20. The minimum absolute atomic E-state index is 0. The van der Waals surface area contributed by atoms with Crippen molar-refractivity contribution >= 4 is 24.1 Å². The molecule has 1 fully saturated rings. The van der Waals surface area contributed by atoms with Gasteiger partial charge in [0.1, 0.15) is 5.75 Å². The summed E-state index contributed by atoms with van der Waals surface area (Å²) in [6.45, 7) is 0.799. The smallest absolute Gasteiger partial charge is 0.198 e. The summed E-state index contributed by atoms with van der Waals surface area (Å²) in [4.78, 5) is 4.03. The molecule has 0 aromatic heterocycles. The number of para-hydroxylation sites is 3. The molecule has 2 aliphatic rings. The van der Waals surface area contributed by atoms with Crippen LogP contribution in [-0.2, 0) is 0 Å². The van der Waals surface area contributed by atoms with Crippen molar-refractivity contribution in [1.82, 2.24) is 4.90 Å². The van der Waals surface area contributed by atoms with E-state index in [1.165, 1.54) is 0 Å². The van der Waals surface area contributed by atoms with Gasteiger partial charge in [-0.05, 0) is 18.2 Å². The number of fused-ring (bicyclic) bond motifs is 5. The lowest BCUT2D eigenvalue weighted by Crippen LogP contribution is -2.30. The van der Waals surface area contributed by atoms with Crippen molar-refractivity contribution in [2.75, 3.05) is 18.5 Å². The second-order valence-corrected chi connectivity index (χ2v) is 5.20. The lowest BCUT2D eigenvalue weighted by Gasteiger charge is -2.23. The average molecular weight is 302 g/mol. The summed E-state index contributed by atoms with van der Waals surface area (Å²) < 4.78 is 6.07. The first-order valence-corrected chi connectivity index (χ1v) is 6.70. The molecule has 0 radical (unpaired) electrons. The largest absolute Gasteiger partial charge is 0.455 e. The monoisotopic (exact) mass is 301 g/mol. The van der Waals surface area contributed by atoms with E-state index in [0.717, 1.165) is 29.3 Å². The number of nitrogens with zero attached hydrogens (tertiary/aromatic N) is 2. The van der Waals surface area contributed by atoms with Gasteiger partial charge >= 0.3 is 0 Å². The number of likely N-dealkylation sites (N-methyl/N-ethyl adjacent to an activating group) is 1. The molecule has 0 saturated carbocycles. The van der Waals surface area contributed by atoms with Gasteiger partial charge in [-0.3, -0.25) is 10.3 Å². The first-order chi connectivity index (χ1) is 9.75. The third kappa shape index (κ3) is 1.94. The van der Waals surface area contributed by atoms with Crippen molar-refractivity contribution in [2.45, 2.75) is 6.04 Å². The molecule has 1 unspecified atom stereocenters. The number of benzene rings is 2. The summed E-state index contributed by atoms with van der Waals surface area (Å²) >= 11 is 0. The number of ether oxygens (including phenoxy) is 1. The van der Waals surface area contributed by atoms with Crippen molar-refractivity contribution < 1.29 is 4.74 Å². The van der Waals surface area contributed by atoms with Crippen LogP contribution >= 0.6 is 12.4 Å². The summed E-state index contributed by atoms with van der Waals surface area (Å²) in [6, 6.07) is 16.2. The highest BCUT2D eigenvalue weighted by molar-refractivity contribution is 5.98. The van der Waals surface area contributed by atoms with Crippen LogP contribution in [0, 0.1) is 5.41 Å². The number of rotatable bonds is 0. The first kappa shape index (κ1) is 13.8. The number of nitrogens with one attached hydrogen (secondary N) is 1. The van der Waals surface area contributed by atoms with Gasteiger partial charge in [-0.15, -0.1) is 12.4 Å². The molecule has 2 aromatic rings. The lowest BCUT2D eigenvalue weighted by molar-refractivity contribution is 0.472. The van der Waals surface area contributed by atoms with Crippen molar-refractivity contribution in [2.24, 2.45) is 0 Å². The van der Waals surface area contributed by atoms with Gasteiger partial charge < -0.3 is 9.64 Å². The van der Waals surface area contributed by atoms with E-state index >= 15 is 0 Å². The van der Waals surface area contributed by atoms with Gasteiger partial charge in [-0.1, -0.05) is 30.3 Å². The number of hydrogen-bond donors (Lipinski definition) is 1. The van der Waals surface area contributed by atoms with Crippen LogP contribution in [0.1, 0.15) is 11.6 Å². The predicted octanol–water partition coefficient (Wildman–Crippen LogP) is 3.64. The Morgan fingerprint density at radius 3 is 2.52 bits per heavy atom. The Bertz CT molecular complexity index is 703. The molecule has 108 valence electrons. The van der Waals surface area contributed by atoms with Crippen LogP contribution in [0.2, 0.25) is 0 Å². The lowest BCUT2D eigenvalue weighted by atomic mass is 10.1. The molecule has 1 atom stereocenters. The molecular formula is C16H16ClN3O. The Hall–Kier alpha value is -2.20. The number of hydrogen-bond acceptors (Lipinski definition) is 2. The summed E-state index contributed by atoms with van der Waals surface area (Å²) in [6.07, 6.45) is 0.